The lowest BCUT2D eigenvalue weighted by molar-refractivity contribution is 0.183. The van der Waals surface area contributed by atoms with Gasteiger partial charge < -0.3 is 14.8 Å². The van der Waals surface area contributed by atoms with Gasteiger partial charge in [-0.05, 0) is 24.3 Å². The number of anilines is 1. The predicted octanol–water partition coefficient (Wildman–Crippen LogP) is 2.88. The van der Waals surface area contributed by atoms with Gasteiger partial charge in [0.25, 0.3) is 5.56 Å². The van der Waals surface area contributed by atoms with E-state index in [4.69, 9.17) is 9.47 Å². The molecule has 156 valence electrons. The highest BCUT2D eigenvalue weighted by Gasteiger charge is 2.32. The molecule has 30 heavy (non-hydrogen) atoms. The highest BCUT2D eigenvalue weighted by atomic mass is 16.5. The molecule has 1 fully saturated rings. The lowest BCUT2D eigenvalue weighted by atomic mass is 10.1. The average Bonchev–Trinajstić information content (AvgIpc) is 3.22. The smallest absolute Gasteiger partial charge is 0.267 e. The number of ether oxygens (including phenoxy) is 2. The molecule has 8 heteroatoms. The van der Waals surface area contributed by atoms with Crippen molar-refractivity contribution < 1.29 is 9.47 Å². The third-order valence-electron chi connectivity index (χ3n) is 5.08. The molecule has 2 aromatic heterocycles. The highest BCUT2D eigenvalue weighted by Crippen LogP contribution is 2.24. The van der Waals surface area contributed by atoms with Crippen LogP contribution in [0.4, 0.5) is 5.82 Å². The summed E-state index contributed by atoms with van der Waals surface area (Å²) >= 11 is 0. The highest BCUT2D eigenvalue weighted by molar-refractivity contribution is 5.60. The molecular weight excluding hydrogens is 382 g/mol. The minimum Gasteiger partial charge on any atom is -0.497 e. The Balaban J connectivity index is 1.62. The zero-order chi connectivity index (χ0) is 21.1. The monoisotopic (exact) mass is 407 g/mol. The first-order chi connectivity index (χ1) is 14.5. The zero-order valence-electron chi connectivity index (χ0n) is 17.3. The summed E-state index contributed by atoms with van der Waals surface area (Å²) in [4.78, 5) is 21.5. The van der Waals surface area contributed by atoms with Crippen LogP contribution in [0.3, 0.4) is 0 Å². The van der Waals surface area contributed by atoms with Crippen LogP contribution in [-0.4, -0.2) is 46.1 Å². The van der Waals surface area contributed by atoms with E-state index in [9.17, 15) is 4.79 Å². The molecule has 3 heterocycles. The molecule has 1 aliphatic rings. The fraction of sp³-hybridized carbons (Fsp3) is 0.364. The van der Waals surface area contributed by atoms with Crippen LogP contribution < -0.4 is 15.6 Å². The number of hydrogen-bond donors (Lipinski definition) is 1. The van der Waals surface area contributed by atoms with Crippen LogP contribution in [0, 0.1) is 0 Å². The van der Waals surface area contributed by atoms with Gasteiger partial charge in [0.05, 0.1) is 32.1 Å². The third-order valence-corrected chi connectivity index (χ3v) is 5.08. The lowest BCUT2D eigenvalue weighted by Crippen LogP contribution is -2.37. The first-order valence-corrected chi connectivity index (χ1v) is 9.96. The van der Waals surface area contributed by atoms with Gasteiger partial charge in [-0.15, -0.1) is 0 Å². The van der Waals surface area contributed by atoms with Crippen molar-refractivity contribution in [2.75, 3.05) is 25.6 Å². The summed E-state index contributed by atoms with van der Waals surface area (Å²) in [6, 6.07) is 12.3. The molecule has 0 spiro atoms. The fourth-order valence-electron chi connectivity index (χ4n) is 3.44. The zero-order valence-corrected chi connectivity index (χ0v) is 17.3. The van der Waals surface area contributed by atoms with Crippen LogP contribution in [0.15, 0.2) is 53.5 Å². The number of nitrogens with zero attached hydrogens (tertiary/aromatic N) is 4. The summed E-state index contributed by atoms with van der Waals surface area (Å²) in [5.74, 6) is 2.45. The Morgan fingerprint density at radius 1 is 1.20 bits per heavy atom. The van der Waals surface area contributed by atoms with E-state index in [1.165, 1.54) is 4.68 Å². The number of aromatic nitrogens is 4. The maximum absolute atomic E-state index is 12.6. The van der Waals surface area contributed by atoms with Crippen molar-refractivity contribution >= 4 is 5.82 Å². The number of rotatable bonds is 6. The molecule has 1 N–H and O–H groups in total. The van der Waals surface area contributed by atoms with Crippen LogP contribution in [0.2, 0.25) is 0 Å². The molecule has 0 bridgehead atoms. The molecule has 0 radical (unpaired) electrons. The van der Waals surface area contributed by atoms with Crippen molar-refractivity contribution in [3.63, 3.8) is 0 Å². The normalized spacial score (nSPS) is 18.5. The van der Waals surface area contributed by atoms with Crippen molar-refractivity contribution in [3.8, 4) is 17.0 Å². The number of methoxy groups -OCH3 is 1. The summed E-state index contributed by atoms with van der Waals surface area (Å²) in [5, 5.41) is 8.03. The number of benzene rings is 1. The Bertz CT molecular complexity index is 1080. The maximum atomic E-state index is 12.6. The van der Waals surface area contributed by atoms with Crippen LogP contribution in [-0.2, 0) is 4.74 Å². The van der Waals surface area contributed by atoms with Crippen molar-refractivity contribution in [2.24, 2.45) is 0 Å². The van der Waals surface area contributed by atoms with E-state index in [1.54, 1.807) is 25.4 Å². The maximum Gasteiger partial charge on any atom is 0.267 e. The predicted molar refractivity (Wildman–Crippen MR) is 114 cm³/mol. The first kappa shape index (κ1) is 20.0. The van der Waals surface area contributed by atoms with Gasteiger partial charge in [0.15, 0.2) is 0 Å². The topological polar surface area (TPSA) is 91.2 Å². The van der Waals surface area contributed by atoms with Gasteiger partial charge in [-0.25, -0.2) is 14.6 Å². The number of hydrogen-bond acceptors (Lipinski definition) is 7. The van der Waals surface area contributed by atoms with Gasteiger partial charge in [-0.2, -0.15) is 5.10 Å². The number of nitrogens with one attached hydrogen (secondary N) is 1. The van der Waals surface area contributed by atoms with Crippen LogP contribution >= 0.6 is 0 Å². The Kier molecular flexibility index (Phi) is 5.76. The minimum absolute atomic E-state index is 0.134. The van der Waals surface area contributed by atoms with E-state index in [2.05, 4.69) is 20.4 Å². The van der Waals surface area contributed by atoms with Gasteiger partial charge in [0.1, 0.15) is 23.4 Å². The van der Waals surface area contributed by atoms with Crippen molar-refractivity contribution in [1.82, 2.24) is 19.7 Å². The summed E-state index contributed by atoms with van der Waals surface area (Å²) in [7, 11) is 1.62. The first-order valence-electron chi connectivity index (χ1n) is 9.96. The summed E-state index contributed by atoms with van der Waals surface area (Å²) in [5.41, 5.74) is 1.40. The lowest BCUT2D eigenvalue weighted by Gasteiger charge is -2.21. The van der Waals surface area contributed by atoms with Gasteiger partial charge in [-0.3, -0.25) is 4.79 Å². The minimum atomic E-state index is -0.250. The molecule has 3 aromatic rings. The van der Waals surface area contributed by atoms with Gasteiger partial charge >= 0.3 is 0 Å². The second-order valence-electron chi connectivity index (χ2n) is 7.54. The summed E-state index contributed by atoms with van der Waals surface area (Å²) < 4.78 is 12.5. The molecule has 4 rings (SSSR count). The molecule has 1 aromatic carbocycles. The molecular formula is C22H25N5O3. The largest absolute Gasteiger partial charge is 0.497 e. The van der Waals surface area contributed by atoms with Gasteiger partial charge in [0.2, 0.25) is 0 Å². The molecule has 1 aliphatic heterocycles. The Labute approximate surface area is 174 Å². The van der Waals surface area contributed by atoms with Crippen molar-refractivity contribution in [1.29, 1.82) is 0 Å². The molecule has 8 nitrogen and oxygen atoms in total. The van der Waals surface area contributed by atoms with E-state index in [0.717, 1.165) is 17.1 Å². The van der Waals surface area contributed by atoms with Crippen LogP contribution in [0.25, 0.3) is 11.3 Å². The van der Waals surface area contributed by atoms with E-state index in [-0.39, 0.29) is 23.6 Å². The van der Waals surface area contributed by atoms with Crippen molar-refractivity contribution in [3.05, 3.63) is 64.8 Å². The quantitative estimate of drug-likeness (QED) is 0.672. The fourth-order valence-corrected chi connectivity index (χ4v) is 3.44. The Hall–Kier alpha value is -3.26. The average molecular weight is 407 g/mol. The van der Waals surface area contributed by atoms with Crippen LogP contribution in [0.1, 0.15) is 31.6 Å². The molecule has 0 aliphatic carbocycles. The van der Waals surface area contributed by atoms with Crippen LogP contribution in [0.5, 0.6) is 5.75 Å². The van der Waals surface area contributed by atoms with E-state index < -0.39 is 0 Å². The third kappa shape index (κ3) is 4.18. The van der Waals surface area contributed by atoms with E-state index >= 15 is 0 Å². The second-order valence-corrected chi connectivity index (χ2v) is 7.54. The SMILES string of the molecule is COc1cccc(-c2ccc(=O)n(C3COCC3Nc3ccnc(C(C)C)n3)n2)c1. The van der Waals surface area contributed by atoms with E-state index in [0.29, 0.717) is 24.7 Å². The van der Waals surface area contributed by atoms with Gasteiger partial charge in [0, 0.05) is 23.7 Å². The van der Waals surface area contributed by atoms with Gasteiger partial charge in [-0.1, -0.05) is 26.0 Å². The van der Waals surface area contributed by atoms with Crippen molar-refractivity contribution in [2.45, 2.75) is 31.8 Å². The Morgan fingerprint density at radius 3 is 2.87 bits per heavy atom. The second kappa shape index (κ2) is 8.62. The molecule has 2 atom stereocenters. The summed E-state index contributed by atoms with van der Waals surface area (Å²) in [6.45, 7) is 4.96. The summed E-state index contributed by atoms with van der Waals surface area (Å²) in [6.07, 6.45) is 1.74. The van der Waals surface area contributed by atoms with E-state index in [1.807, 2.05) is 44.2 Å². The standard InChI is InChI=1S/C22H25N5O3/c1-14(2)22-23-10-9-20(25-22)24-18-12-30-13-19(18)27-21(28)8-7-17(26-27)15-5-4-6-16(11-15)29-3/h4-11,14,18-19H,12-13H2,1-3H3,(H,23,24,25). The molecule has 1 saturated heterocycles. The molecule has 0 amide bonds. The molecule has 2 unspecified atom stereocenters. The molecule has 0 saturated carbocycles. The Morgan fingerprint density at radius 2 is 2.07 bits per heavy atom.